The molecule has 1 fully saturated rings. The van der Waals surface area contributed by atoms with Crippen LogP contribution in [0.2, 0.25) is 0 Å². The third-order valence-corrected chi connectivity index (χ3v) is 3.37. The lowest BCUT2D eigenvalue weighted by atomic mass is 9.64. The van der Waals surface area contributed by atoms with E-state index in [1.54, 1.807) is 0 Å². The van der Waals surface area contributed by atoms with Gasteiger partial charge < -0.3 is 5.73 Å². The highest BCUT2D eigenvalue weighted by Crippen LogP contribution is 2.42. The zero-order chi connectivity index (χ0) is 9.31. The number of benzene rings is 1. The Morgan fingerprint density at radius 3 is 2.23 bits per heavy atom. The van der Waals surface area contributed by atoms with Gasteiger partial charge in [-0.15, -0.1) is 0 Å². The van der Waals surface area contributed by atoms with Crippen molar-refractivity contribution in [3.8, 4) is 0 Å². The molecule has 0 heterocycles. The van der Waals surface area contributed by atoms with E-state index < -0.39 is 0 Å². The molecule has 1 saturated carbocycles. The van der Waals surface area contributed by atoms with Crippen LogP contribution in [0.5, 0.6) is 0 Å². The predicted octanol–water partition coefficient (Wildman–Crippen LogP) is 2.38. The van der Waals surface area contributed by atoms with E-state index in [-0.39, 0.29) is 0 Å². The first-order chi connectivity index (χ1) is 6.27. The Balaban J connectivity index is 2.28. The number of aryl methyl sites for hydroxylation is 1. The third kappa shape index (κ3) is 1.37. The fourth-order valence-electron chi connectivity index (χ4n) is 2.12. The smallest absolute Gasteiger partial charge is 0.00755 e. The number of hydrogen-bond donors (Lipinski definition) is 1. The molecule has 0 aliphatic heterocycles. The lowest BCUT2D eigenvalue weighted by Gasteiger charge is -2.41. The van der Waals surface area contributed by atoms with E-state index in [9.17, 15) is 0 Å². The molecule has 0 amide bonds. The first-order valence-electron chi connectivity index (χ1n) is 5.04. The number of hydrogen-bond acceptors (Lipinski definition) is 1. The second-order valence-corrected chi connectivity index (χ2v) is 4.20. The fourth-order valence-corrected chi connectivity index (χ4v) is 2.12. The Bertz CT molecular complexity index is 277. The molecule has 2 rings (SSSR count). The summed E-state index contributed by atoms with van der Waals surface area (Å²) in [6.07, 6.45) is 3.88. The van der Waals surface area contributed by atoms with E-state index in [0.29, 0.717) is 5.41 Å². The van der Waals surface area contributed by atoms with E-state index in [0.717, 1.165) is 6.54 Å². The minimum Gasteiger partial charge on any atom is -0.330 e. The van der Waals surface area contributed by atoms with Crippen LogP contribution >= 0.6 is 0 Å². The fraction of sp³-hybridized carbons (Fsp3) is 0.500. The van der Waals surface area contributed by atoms with Gasteiger partial charge in [0.2, 0.25) is 0 Å². The molecule has 0 radical (unpaired) electrons. The molecule has 0 unspecified atom stereocenters. The summed E-state index contributed by atoms with van der Waals surface area (Å²) < 4.78 is 0. The van der Waals surface area contributed by atoms with Gasteiger partial charge in [0.05, 0.1) is 0 Å². The molecule has 1 aliphatic rings. The molecule has 2 N–H and O–H groups in total. The highest BCUT2D eigenvalue weighted by atomic mass is 14.6. The Morgan fingerprint density at radius 2 is 1.85 bits per heavy atom. The summed E-state index contributed by atoms with van der Waals surface area (Å²) in [5.41, 5.74) is 8.93. The maximum absolute atomic E-state index is 5.84. The lowest BCUT2D eigenvalue weighted by molar-refractivity contribution is 0.253. The van der Waals surface area contributed by atoms with E-state index >= 15 is 0 Å². The average molecular weight is 175 g/mol. The maximum Gasteiger partial charge on any atom is 0.00755 e. The third-order valence-electron chi connectivity index (χ3n) is 3.37. The average Bonchev–Trinajstić information content (AvgIpc) is 2.07. The summed E-state index contributed by atoms with van der Waals surface area (Å²) in [5.74, 6) is 0. The van der Waals surface area contributed by atoms with Crippen LogP contribution < -0.4 is 5.73 Å². The minimum atomic E-state index is 0.327. The summed E-state index contributed by atoms with van der Waals surface area (Å²) in [7, 11) is 0. The van der Waals surface area contributed by atoms with Gasteiger partial charge in [-0.3, -0.25) is 0 Å². The van der Waals surface area contributed by atoms with Crippen molar-refractivity contribution >= 4 is 0 Å². The van der Waals surface area contributed by atoms with Gasteiger partial charge >= 0.3 is 0 Å². The molecule has 1 aliphatic carbocycles. The van der Waals surface area contributed by atoms with Crippen LogP contribution in [0.1, 0.15) is 30.4 Å². The number of nitrogens with two attached hydrogens (primary N) is 1. The van der Waals surface area contributed by atoms with Crippen LogP contribution in [0.25, 0.3) is 0 Å². The Labute approximate surface area is 80.0 Å². The minimum absolute atomic E-state index is 0.327. The second kappa shape index (κ2) is 3.15. The van der Waals surface area contributed by atoms with Gasteiger partial charge in [-0.25, -0.2) is 0 Å². The molecule has 1 nitrogen and oxygen atoms in total. The summed E-state index contributed by atoms with van der Waals surface area (Å²) in [6.45, 7) is 2.93. The van der Waals surface area contributed by atoms with Crippen molar-refractivity contribution in [2.75, 3.05) is 6.54 Å². The van der Waals surface area contributed by atoms with Crippen molar-refractivity contribution < 1.29 is 0 Å². The molecule has 0 atom stereocenters. The van der Waals surface area contributed by atoms with Gasteiger partial charge in [-0.05, 0) is 25.3 Å². The van der Waals surface area contributed by atoms with Crippen molar-refractivity contribution in [2.24, 2.45) is 5.73 Å². The summed E-state index contributed by atoms with van der Waals surface area (Å²) in [6, 6.07) is 8.85. The van der Waals surface area contributed by atoms with Crippen LogP contribution in [0.15, 0.2) is 24.3 Å². The summed E-state index contributed by atoms with van der Waals surface area (Å²) in [5, 5.41) is 0. The molecule has 1 heteroatoms. The van der Waals surface area contributed by atoms with Gasteiger partial charge in [0.1, 0.15) is 0 Å². The highest BCUT2D eigenvalue weighted by Gasteiger charge is 2.36. The van der Waals surface area contributed by atoms with Gasteiger partial charge in [0.15, 0.2) is 0 Å². The normalized spacial score (nSPS) is 19.5. The first-order valence-corrected chi connectivity index (χ1v) is 5.04. The van der Waals surface area contributed by atoms with Crippen LogP contribution in [0.3, 0.4) is 0 Å². The SMILES string of the molecule is Cc1ccc(C2(CN)CCC2)cc1. The van der Waals surface area contributed by atoms with Crippen LogP contribution in [-0.4, -0.2) is 6.54 Å². The Kier molecular flexibility index (Phi) is 2.12. The van der Waals surface area contributed by atoms with Gasteiger partial charge in [-0.1, -0.05) is 36.2 Å². The molecule has 0 bridgehead atoms. The maximum atomic E-state index is 5.84. The Morgan fingerprint density at radius 1 is 1.23 bits per heavy atom. The van der Waals surface area contributed by atoms with E-state index in [1.165, 1.54) is 30.4 Å². The molecule has 1 aromatic rings. The van der Waals surface area contributed by atoms with Gasteiger partial charge in [-0.2, -0.15) is 0 Å². The molecular formula is C12H17N. The second-order valence-electron chi connectivity index (χ2n) is 4.20. The lowest BCUT2D eigenvalue weighted by Crippen LogP contribution is -2.41. The molecule has 0 aromatic heterocycles. The van der Waals surface area contributed by atoms with Gasteiger partial charge in [0, 0.05) is 12.0 Å². The quantitative estimate of drug-likeness (QED) is 0.733. The van der Waals surface area contributed by atoms with Crippen molar-refractivity contribution in [1.29, 1.82) is 0 Å². The van der Waals surface area contributed by atoms with E-state index in [1.807, 2.05) is 0 Å². The van der Waals surface area contributed by atoms with Gasteiger partial charge in [0.25, 0.3) is 0 Å². The Hall–Kier alpha value is -0.820. The molecular weight excluding hydrogens is 158 g/mol. The number of rotatable bonds is 2. The monoisotopic (exact) mass is 175 g/mol. The predicted molar refractivity (Wildman–Crippen MR) is 55.8 cm³/mol. The molecule has 13 heavy (non-hydrogen) atoms. The van der Waals surface area contributed by atoms with Crippen LogP contribution in [-0.2, 0) is 5.41 Å². The van der Waals surface area contributed by atoms with Crippen molar-refractivity contribution in [2.45, 2.75) is 31.6 Å². The first kappa shape index (κ1) is 8.76. The largest absolute Gasteiger partial charge is 0.330 e. The topological polar surface area (TPSA) is 26.0 Å². The van der Waals surface area contributed by atoms with E-state index in [2.05, 4.69) is 31.2 Å². The zero-order valence-electron chi connectivity index (χ0n) is 8.22. The standard InChI is InChI=1S/C12H17N/c1-10-3-5-11(6-4-10)12(9-13)7-2-8-12/h3-6H,2,7-9,13H2,1H3. The summed E-state index contributed by atoms with van der Waals surface area (Å²) in [4.78, 5) is 0. The van der Waals surface area contributed by atoms with Crippen LogP contribution in [0.4, 0.5) is 0 Å². The van der Waals surface area contributed by atoms with Crippen LogP contribution in [0, 0.1) is 6.92 Å². The molecule has 1 aromatic carbocycles. The van der Waals surface area contributed by atoms with Crippen molar-refractivity contribution in [3.63, 3.8) is 0 Å². The summed E-state index contributed by atoms with van der Waals surface area (Å²) >= 11 is 0. The highest BCUT2D eigenvalue weighted by molar-refractivity contribution is 5.31. The zero-order valence-corrected chi connectivity index (χ0v) is 8.22. The molecule has 70 valence electrons. The molecule has 0 saturated heterocycles. The van der Waals surface area contributed by atoms with Crippen molar-refractivity contribution in [1.82, 2.24) is 0 Å². The molecule has 0 spiro atoms. The van der Waals surface area contributed by atoms with Crippen molar-refractivity contribution in [3.05, 3.63) is 35.4 Å². The van der Waals surface area contributed by atoms with E-state index in [4.69, 9.17) is 5.73 Å².